The Balaban J connectivity index is 1.72. The Morgan fingerprint density at radius 3 is 2.62 bits per heavy atom. The second-order valence-corrected chi connectivity index (χ2v) is 7.18. The SMILES string of the molecule is CC(C)(C)OC(=O)N1CCCC1CNCC1CCOCC1. The van der Waals surface area contributed by atoms with Crippen LogP contribution < -0.4 is 5.32 Å². The number of ether oxygens (including phenoxy) is 2. The average molecular weight is 298 g/mol. The van der Waals surface area contributed by atoms with E-state index in [0.29, 0.717) is 0 Å². The Labute approximate surface area is 128 Å². The Hall–Kier alpha value is -0.810. The molecule has 2 rings (SSSR count). The van der Waals surface area contributed by atoms with Crippen LogP contribution in [0.2, 0.25) is 0 Å². The van der Waals surface area contributed by atoms with Gasteiger partial charge in [0.05, 0.1) is 0 Å². The minimum Gasteiger partial charge on any atom is -0.444 e. The summed E-state index contributed by atoms with van der Waals surface area (Å²) in [6.07, 6.45) is 4.27. The van der Waals surface area contributed by atoms with Gasteiger partial charge in [-0.2, -0.15) is 0 Å². The monoisotopic (exact) mass is 298 g/mol. The van der Waals surface area contributed by atoms with Gasteiger partial charge >= 0.3 is 6.09 Å². The number of nitrogens with zero attached hydrogens (tertiary/aromatic N) is 1. The van der Waals surface area contributed by atoms with Gasteiger partial charge in [-0.25, -0.2) is 4.79 Å². The van der Waals surface area contributed by atoms with E-state index < -0.39 is 5.60 Å². The van der Waals surface area contributed by atoms with Crippen molar-refractivity contribution < 1.29 is 14.3 Å². The van der Waals surface area contributed by atoms with E-state index in [-0.39, 0.29) is 12.1 Å². The maximum Gasteiger partial charge on any atom is 0.410 e. The van der Waals surface area contributed by atoms with Crippen molar-refractivity contribution in [2.24, 2.45) is 5.92 Å². The van der Waals surface area contributed by atoms with Gasteiger partial charge in [-0.05, 0) is 58.9 Å². The lowest BCUT2D eigenvalue weighted by molar-refractivity contribution is 0.0224. The summed E-state index contributed by atoms with van der Waals surface area (Å²) in [4.78, 5) is 14.1. The van der Waals surface area contributed by atoms with Gasteiger partial charge in [0.1, 0.15) is 5.60 Å². The number of likely N-dealkylation sites (tertiary alicyclic amines) is 1. The van der Waals surface area contributed by atoms with Crippen LogP contribution in [0.3, 0.4) is 0 Å². The van der Waals surface area contributed by atoms with Crippen LogP contribution >= 0.6 is 0 Å². The highest BCUT2D eigenvalue weighted by Crippen LogP contribution is 2.20. The van der Waals surface area contributed by atoms with Crippen LogP contribution in [0.1, 0.15) is 46.5 Å². The van der Waals surface area contributed by atoms with Gasteiger partial charge in [0.2, 0.25) is 0 Å². The summed E-state index contributed by atoms with van der Waals surface area (Å²) >= 11 is 0. The molecular formula is C16H30N2O3. The molecule has 2 aliphatic rings. The van der Waals surface area contributed by atoms with Crippen LogP contribution in [0, 0.1) is 5.92 Å². The molecule has 2 heterocycles. The van der Waals surface area contributed by atoms with Gasteiger partial charge in [-0.3, -0.25) is 0 Å². The molecule has 0 aromatic heterocycles. The number of amides is 1. The van der Waals surface area contributed by atoms with Crippen LogP contribution in [-0.4, -0.2) is 55.5 Å². The molecule has 5 nitrogen and oxygen atoms in total. The molecule has 1 N–H and O–H groups in total. The van der Waals surface area contributed by atoms with E-state index in [2.05, 4.69) is 5.32 Å². The lowest BCUT2D eigenvalue weighted by Gasteiger charge is -2.29. The maximum absolute atomic E-state index is 12.2. The van der Waals surface area contributed by atoms with Crippen molar-refractivity contribution in [3.63, 3.8) is 0 Å². The molecule has 0 aromatic rings. The highest BCUT2D eigenvalue weighted by molar-refractivity contribution is 5.69. The summed E-state index contributed by atoms with van der Waals surface area (Å²) in [5.41, 5.74) is -0.417. The highest BCUT2D eigenvalue weighted by Gasteiger charge is 2.31. The molecule has 0 spiro atoms. The van der Waals surface area contributed by atoms with Crippen LogP contribution in [-0.2, 0) is 9.47 Å². The molecule has 0 aromatic carbocycles. The number of rotatable bonds is 4. The summed E-state index contributed by atoms with van der Waals surface area (Å²) < 4.78 is 10.9. The third kappa shape index (κ3) is 5.47. The van der Waals surface area contributed by atoms with Gasteiger partial charge in [0.25, 0.3) is 0 Å². The lowest BCUT2D eigenvalue weighted by atomic mass is 10.0. The fourth-order valence-corrected chi connectivity index (χ4v) is 3.01. The zero-order chi connectivity index (χ0) is 15.3. The third-order valence-corrected chi connectivity index (χ3v) is 4.16. The Morgan fingerprint density at radius 2 is 1.95 bits per heavy atom. The number of nitrogens with one attached hydrogen (secondary N) is 1. The first-order valence-electron chi connectivity index (χ1n) is 8.24. The van der Waals surface area contributed by atoms with Crippen molar-refractivity contribution >= 4 is 6.09 Å². The molecule has 0 aliphatic carbocycles. The molecule has 2 saturated heterocycles. The third-order valence-electron chi connectivity index (χ3n) is 4.16. The van der Waals surface area contributed by atoms with Crippen molar-refractivity contribution in [1.82, 2.24) is 10.2 Å². The topological polar surface area (TPSA) is 50.8 Å². The van der Waals surface area contributed by atoms with E-state index in [1.807, 2.05) is 25.7 Å². The number of hydrogen-bond acceptors (Lipinski definition) is 4. The fraction of sp³-hybridized carbons (Fsp3) is 0.938. The molecule has 1 unspecified atom stereocenters. The Bertz CT molecular complexity index is 335. The first kappa shape index (κ1) is 16.6. The summed E-state index contributed by atoms with van der Waals surface area (Å²) in [5.74, 6) is 0.718. The predicted octanol–water partition coefficient (Wildman–Crippen LogP) is 2.40. The van der Waals surface area contributed by atoms with Gasteiger partial charge in [-0.15, -0.1) is 0 Å². The van der Waals surface area contributed by atoms with Gasteiger partial charge in [-0.1, -0.05) is 0 Å². The standard InChI is InChI=1S/C16H30N2O3/c1-16(2,3)21-15(19)18-8-4-5-14(18)12-17-11-13-6-9-20-10-7-13/h13-14,17H,4-12H2,1-3H3. The summed E-state index contributed by atoms with van der Waals surface area (Å²) in [5, 5.41) is 3.54. The van der Waals surface area contributed by atoms with E-state index in [4.69, 9.17) is 9.47 Å². The van der Waals surface area contributed by atoms with E-state index in [0.717, 1.165) is 64.4 Å². The van der Waals surface area contributed by atoms with E-state index in [1.54, 1.807) is 0 Å². The predicted molar refractivity (Wildman–Crippen MR) is 82.4 cm³/mol. The summed E-state index contributed by atoms with van der Waals surface area (Å²) in [6, 6.07) is 0.277. The van der Waals surface area contributed by atoms with Gasteiger partial charge < -0.3 is 19.7 Å². The molecule has 2 aliphatic heterocycles. The largest absolute Gasteiger partial charge is 0.444 e. The van der Waals surface area contributed by atoms with E-state index >= 15 is 0 Å². The van der Waals surface area contributed by atoms with Gasteiger partial charge in [0, 0.05) is 32.3 Å². The fourth-order valence-electron chi connectivity index (χ4n) is 3.01. The molecule has 21 heavy (non-hydrogen) atoms. The quantitative estimate of drug-likeness (QED) is 0.866. The number of hydrogen-bond donors (Lipinski definition) is 1. The molecule has 122 valence electrons. The molecule has 5 heteroatoms. The van der Waals surface area contributed by atoms with Crippen LogP contribution in [0.4, 0.5) is 4.79 Å². The maximum atomic E-state index is 12.2. The van der Waals surface area contributed by atoms with Crippen LogP contribution in [0.15, 0.2) is 0 Å². The Kier molecular flexibility index (Phi) is 5.88. The van der Waals surface area contributed by atoms with Crippen LogP contribution in [0.25, 0.3) is 0 Å². The molecule has 1 atom stereocenters. The lowest BCUT2D eigenvalue weighted by Crippen LogP contribution is -2.45. The van der Waals surface area contributed by atoms with Crippen molar-refractivity contribution in [2.75, 3.05) is 32.8 Å². The molecule has 0 saturated carbocycles. The normalized spacial score (nSPS) is 24.3. The highest BCUT2D eigenvalue weighted by atomic mass is 16.6. The first-order valence-corrected chi connectivity index (χ1v) is 8.24. The zero-order valence-corrected chi connectivity index (χ0v) is 13.7. The van der Waals surface area contributed by atoms with Gasteiger partial charge in [0.15, 0.2) is 0 Å². The van der Waals surface area contributed by atoms with Crippen molar-refractivity contribution in [3.8, 4) is 0 Å². The molecule has 0 bridgehead atoms. The summed E-state index contributed by atoms with van der Waals surface area (Å²) in [6.45, 7) is 10.2. The van der Waals surface area contributed by atoms with Crippen molar-refractivity contribution in [1.29, 1.82) is 0 Å². The first-order chi connectivity index (χ1) is 9.96. The number of carbonyl (C=O) groups is 1. The molecular weight excluding hydrogens is 268 g/mol. The number of carbonyl (C=O) groups excluding carboxylic acids is 1. The zero-order valence-electron chi connectivity index (χ0n) is 13.7. The van der Waals surface area contributed by atoms with Crippen molar-refractivity contribution in [2.45, 2.75) is 58.1 Å². The second kappa shape index (κ2) is 7.45. The molecule has 0 radical (unpaired) electrons. The van der Waals surface area contributed by atoms with E-state index in [1.165, 1.54) is 0 Å². The molecule has 2 fully saturated rings. The average Bonchev–Trinajstić information content (AvgIpc) is 2.86. The minimum atomic E-state index is -0.417. The van der Waals surface area contributed by atoms with Crippen molar-refractivity contribution in [3.05, 3.63) is 0 Å². The Morgan fingerprint density at radius 1 is 1.24 bits per heavy atom. The van der Waals surface area contributed by atoms with E-state index in [9.17, 15) is 4.79 Å². The minimum absolute atomic E-state index is 0.169. The molecule has 1 amide bonds. The summed E-state index contributed by atoms with van der Waals surface area (Å²) in [7, 11) is 0. The smallest absolute Gasteiger partial charge is 0.410 e. The van der Waals surface area contributed by atoms with Crippen LogP contribution in [0.5, 0.6) is 0 Å². The second-order valence-electron chi connectivity index (χ2n) is 7.18.